The van der Waals surface area contributed by atoms with Crippen molar-refractivity contribution < 1.29 is 9.53 Å². The third-order valence-corrected chi connectivity index (χ3v) is 3.68. The number of ether oxygens (including phenoxy) is 1. The van der Waals surface area contributed by atoms with Crippen LogP contribution in [0.25, 0.3) is 0 Å². The maximum Gasteiger partial charge on any atom is 0.237 e. The first-order valence-corrected chi connectivity index (χ1v) is 7.51. The molecule has 1 aliphatic heterocycles. The van der Waals surface area contributed by atoms with Gasteiger partial charge < -0.3 is 15.4 Å². The predicted molar refractivity (Wildman–Crippen MR) is 87.9 cm³/mol. The Kier molecular flexibility index (Phi) is 8.19. The third kappa shape index (κ3) is 5.91. The van der Waals surface area contributed by atoms with Crippen molar-refractivity contribution >= 4 is 41.5 Å². The van der Waals surface area contributed by atoms with Gasteiger partial charge in [0.15, 0.2) is 0 Å². The van der Waals surface area contributed by atoms with E-state index in [0.717, 1.165) is 25.8 Å². The molecule has 1 aromatic rings. The first-order valence-electron chi connectivity index (χ1n) is 6.76. The number of halogens is 3. The zero-order valence-electron chi connectivity index (χ0n) is 11.5. The Morgan fingerprint density at radius 3 is 2.90 bits per heavy atom. The Morgan fingerprint density at radius 2 is 2.24 bits per heavy atom. The van der Waals surface area contributed by atoms with Crippen molar-refractivity contribution in [3.63, 3.8) is 0 Å². The lowest BCUT2D eigenvalue weighted by Crippen LogP contribution is -2.40. The molecule has 118 valence electrons. The van der Waals surface area contributed by atoms with Crippen molar-refractivity contribution in [2.75, 3.05) is 19.7 Å². The number of hydrogen-bond donors (Lipinski definition) is 2. The molecule has 2 rings (SSSR count). The molecule has 1 aliphatic rings. The molecule has 1 heterocycles. The van der Waals surface area contributed by atoms with Crippen LogP contribution in [-0.2, 0) is 4.79 Å². The summed E-state index contributed by atoms with van der Waals surface area (Å²) in [4.78, 5) is 11.7. The molecule has 1 unspecified atom stereocenters. The lowest BCUT2D eigenvalue weighted by Gasteiger charge is -2.11. The molecular weight excluding hydrogens is 335 g/mol. The van der Waals surface area contributed by atoms with Gasteiger partial charge in [0.2, 0.25) is 5.91 Å². The van der Waals surface area contributed by atoms with Crippen LogP contribution in [0, 0.1) is 0 Å². The molecule has 0 aliphatic carbocycles. The van der Waals surface area contributed by atoms with E-state index in [1.807, 2.05) is 0 Å². The van der Waals surface area contributed by atoms with Crippen molar-refractivity contribution in [3.8, 4) is 5.75 Å². The largest absolute Gasteiger partial charge is 0.492 e. The normalized spacial score (nSPS) is 17.1. The van der Waals surface area contributed by atoms with Crippen LogP contribution in [0.5, 0.6) is 5.75 Å². The maximum atomic E-state index is 11.7. The highest BCUT2D eigenvalue weighted by atomic mass is 35.5. The fourth-order valence-corrected chi connectivity index (χ4v) is 2.55. The van der Waals surface area contributed by atoms with E-state index in [1.165, 1.54) is 0 Å². The van der Waals surface area contributed by atoms with Crippen LogP contribution in [-0.4, -0.2) is 31.6 Å². The van der Waals surface area contributed by atoms with E-state index in [0.29, 0.717) is 28.9 Å². The summed E-state index contributed by atoms with van der Waals surface area (Å²) in [6, 6.07) is 5.09. The van der Waals surface area contributed by atoms with Crippen LogP contribution in [0.1, 0.15) is 19.3 Å². The summed E-state index contributed by atoms with van der Waals surface area (Å²) in [5, 5.41) is 7.14. The second-order valence-corrected chi connectivity index (χ2v) is 5.56. The summed E-state index contributed by atoms with van der Waals surface area (Å²) >= 11 is 11.8. The minimum Gasteiger partial charge on any atom is -0.492 e. The number of benzene rings is 1. The number of amides is 1. The van der Waals surface area contributed by atoms with Crippen LogP contribution < -0.4 is 15.4 Å². The Bertz CT molecular complexity index is 466. The molecule has 1 fully saturated rings. The van der Waals surface area contributed by atoms with Crippen LogP contribution in [0.3, 0.4) is 0 Å². The zero-order valence-corrected chi connectivity index (χ0v) is 13.9. The third-order valence-electron chi connectivity index (χ3n) is 3.15. The van der Waals surface area contributed by atoms with Gasteiger partial charge in [0.1, 0.15) is 5.75 Å². The molecule has 7 heteroatoms. The van der Waals surface area contributed by atoms with Crippen molar-refractivity contribution in [1.82, 2.24) is 10.6 Å². The number of rotatable bonds is 6. The lowest BCUT2D eigenvalue weighted by molar-refractivity contribution is -0.122. The summed E-state index contributed by atoms with van der Waals surface area (Å²) in [5.74, 6) is 0.687. The van der Waals surface area contributed by atoms with E-state index >= 15 is 0 Å². The molecule has 1 atom stereocenters. The molecular formula is C14H19Cl3N2O2. The zero-order chi connectivity index (χ0) is 14.4. The van der Waals surface area contributed by atoms with E-state index in [2.05, 4.69) is 10.6 Å². The Labute approximate surface area is 140 Å². The smallest absolute Gasteiger partial charge is 0.237 e. The van der Waals surface area contributed by atoms with Crippen LogP contribution in [0.15, 0.2) is 18.2 Å². The first kappa shape index (κ1) is 18.4. The van der Waals surface area contributed by atoms with Gasteiger partial charge in [0.25, 0.3) is 0 Å². The van der Waals surface area contributed by atoms with Gasteiger partial charge in [-0.1, -0.05) is 23.2 Å². The van der Waals surface area contributed by atoms with Gasteiger partial charge in [-0.15, -0.1) is 12.4 Å². The molecule has 0 aromatic heterocycles. The molecule has 2 N–H and O–H groups in total. The summed E-state index contributed by atoms with van der Waals surface area (Å²) in [5.41, 5.74) is 0. The van der Waals surface area contributed by atoms with Gasteiger partial charge in [-0.05, 0) is 44.0 Å². The average Bonchev–Trinajstić information content (AvgIpc) is 2.94. The van der Waals surface area contributed by atoms with Gasteiger partial charge >= 0.3 is 0 Å². The van der Waals surface area contributed by atoms with E-state index in [9.17, 15) is 4.79 Å². The lowest BCUT2D eigenvalue weighted by atomic mass is 10.2. The molecule has 0 radical (unpaired) electrons. The number of carbonyl (C=O) groups is 1. The van der Waals surface area contributed by atoms with Crippen molar-refractivity contribution in [2.24, 2.45) is 0 Å². The average molecular weight is 354 g/mol. The van der Waals surface area contributed by atoms with Crippen LogP contribution in [0.2, 0.25) is 10.0 Å². The highest BCUT2D eigenvalue weighted by Crippen LogP contribution is 2.27. The Balaban J connectivity index is 0.00000220. The quantitative estimate of drug-likeness (QED) is 0.773. The second-order valence-electron chi connectivity index (χ2n) is 4.72. The molecule has 0 saturated carbocycles. The minimum absolute atomic E-state index is 0. The molecule has 0 bridgehead atoms. The minimum atomic E-state index is -0.0263. The number of carbonyl (C=O) groups excluding carboxylic acids is 1. The fraction of sp³-hybridized carbons (Fsp3) is 0.500. The standard InChI is InChI=1S/C14H18Cl2N2O2.ClH/c15-10-4-5-13(11(16)9-10)20-8-2-7-18-14(19)12-3-1-6-17-12;/h4-5,9,12,17H,1-3,6-8H2,(H,18,19);1H. The van der Waals surface area contributed by atoms with E-state index in [1.54, 1.807) is 18.2 Å². The molecule has 21 heavy (non-hydrogen) atoms. The molecule has 1 saturated heterocycles. The van der Waals surface area contributed by atoms with Gasteiger partial charge in [-0.25, -0.2) is 0 Å². The Hall–Kier alpha value is -0.680. The summed E-state index contributed by atoms with van der Waals surface area (Å²) in [6.07, 6.45) is 2.72. The highest BCUT2D eigenvalue weighted by molar-refractivity contribution is 6.35. The molecule has 0 spiro atoms. The van der Waals surface area contributed by atoms with Crippen LogP contribution >= 0.6 is 35.6 Å². The van der Waals surface area contributed by atoms with Gasteiger partial charge in [0.05, 0.1) is 17.7 Å². The Morgan fingerprint density at radius 1 is 1.43 bits per heavy atom. The summed E-state index contributed by atoms with van der Waals surface area (Å²) < 4.78 is 5.54. The maximum absolute atomic E-state index is 11.7. The first-order chi connectivity index (χ1) is 9.66. The van der Waals surface area contributed by atoms with Crippen molar-refractivity contribution in [3.05, 3.63) is 28.2 Å². The van der Waals surface area contributed by atoms with E-state index in [4.69, 9.17) is 27.9 Å². The highest BCUT2D eigenvalue weighted by Gasteiger charge is 2.21. The number of nitrogens with one attached hydrogen (secondary N) is 2. The fourth-order valence-electron chi connectivity index (χ4n) is 2.09. The van der Waals surface area contributed by atoms with Gasteiger partial charge in [0, 0.05) is 11.6 Å². The van der Waals surface area contributed by atoms with Crippen molar-refractivity contribution in [2.45, 2.75) is 25.3 Å². The summed E-state index contributed by atoms with van der Waals surface area (Å²) in [6.45, 7) is 2.03. The van der Waals surface area contributed by atoms with E-state index in [-0.39, 0.29) is 24.4 Å². The van der Waals surface area contributed by atoms with Crippen molar-refractivity contribution in [1.29, 1.82) is 0 Å². The second kappa shape index (κ2) is 9.36. The van der Waals surface area contributed by atoms with Crippen LogP contribution in [0.4, 0.5) is 0 Å². The number of hydrogen-bond acceptors (Lipinski definition) is 3. The predicted octanol–water partition coefficient (Wildman–Crippen LogP) is 3.05. The topological polar surface area (TPSA) is 50.4 Å². The monoisotopic (exact) mass is 352 g/mol. The van der Waals surface area contributed by atoms with Gasteiger partial charge in [-0.3, -0.25) is 4.79 Å². The summed E-state index contributed by atoms with van der Waals surface area (Å²) in [7, 11) is 0. The SMILES string of the molecule is Cl.O=C(NCCCOc1ccc(Cl)cc1Cl)C1CCCN1. The van der Waals surface area contributed by atoms with Gasteiger partial charge in [-0.2, -0.15) is 0 Å². The van der Waals surface area contributed by atoms with E-state index < -0.39 is 0 Å². The molecule has 1 amide bonds. The molecule has 4 nitrogen and oxygen atoms in total. The molecule has 1 aromatic carbocycles.